The van der Waals surface area contributed by atoms with Crippen molar-refractivity contribution in [1.29, 1.82) is 0 Å². The zero-order valence-corrected chi connectivity index (χ0v) is 18.2. The van der Waals surface area contributed by atoms with Crippen molar-refractivity contribution in [2.75, 3.05) is 26.1 Å². The molecule has 1 heterocycles. The Morgan fingerprint density at radius 2 is 1.80 bits per heavy atom. The number of ether oxygens (including phenoxy) is 3. The second kappa shape index (κ2) is 9.49. The highest BCUT2D eigenvalue weighted by Crippen LogP contribution is 2.34. The summed E-state index contributed by atoms with van der Waals surface area (Å²) in [5, 5.41) is 9.61. The molecule has 0 aromatic heterocycles. The predicted molar refractivity (Wildman–Crippen MR) is 120 cm³/mol. The molecule has 2 aromatic rings. The normalized spacial score (nSPS) is 15.7. The van der Waals surface area contributed by atoms with Crippen molar-refractivity contribution in [3.05, 3.63) is 59.3 Å². The number of rotatable bonds is 7. The van der Waals surface area contributed by atoms with Crippen LogP contribution in [0.4, 0.5) is 5.69 Å². The molecule has 1 amide bonds. The zero-order valence-electron chi connectivity index (χ0n) is 17.4. The third-order valence-corrected chi connectivity index (χ3v) is 4.90. The van der Waals surface area contributed by atoms with Crippen LogP contribution in [-0.2, 0) is 4.79 Å². The third-order valence-electron chi connectivity index (χ3n) is 4.68. The third kappa shape index (κ3) is 4.65. The van der Waals surface area contributed by atoms with Gasteiger partial charge in [-0.05, 0) is 68.0 Å². The molecule has 30 heavy (non-hydrogen) atoms. The minimum absolute atomic E-state index is 0.237. The van der Waals surface area contributed by atoms with Gasteiger partial charge < -0.3 is 30.2 Å². The summed E-state index contributed by atoms with van der Waals surface area (Å²) in [4.78, 5) is 13.2. The summed E-state index contributed by atoms with van der Waals surface area (Å²) >= 11 is 5.32. The van der Waals surface area contributed by atoms with E-state index in [9.17, 15) is 4.79 Å². The van der Waals surface area contributed by atoms with E-state index in [1.165, 1.54) is 0 Å². The summed E-state index contributed by atoms with van der Waals surface area (Å²) in [5.74, 6) is 1.70. The molecule has 0 radical (unpaired) electrons. The molecule has 2 aromatic carbocycles. The van der Waals surface area contributed by atoms with Gasteiger partial charge in [0.25, 0.3) is 5.91 Å². The first-order valence-corrected chi connectivity index (χ1v) is 9.92. The number of nitrogens with one attached hydrogen (secondary N) is 3. The molecular weight excluding hydrogens is 402 g/mol. The van der Waals surface area contributed by atoms with Crippen molar-refractivity contribution >= 4 is 28.9 Å². The van der Waals surface area contributed by atoms with Crippen molar-refractivity contribution in [3.63, 3.8) is 0 Å². The Balaban J connectivity index is 1.90. The number of methoxy groups -OCH3 is 2. The summed E-state index contributed by atoms with van der Waals surface area (Å²) in [6.07, 6.45) is 0. The van der Waals surface area contributed by atoms with E-state index in [4.69, 9.17) is 26.4 Å². The molecule has 0 bridgehead atoms. The van der Waals surface area contributed by atoms with Crippen LogP contribution in [0.25, 0.3) is 0 Å². The van der Waals surface area contributed by atoms with Crippen LogP contribution in [0.15, 0.2) is 53.7 Å². The maximum absolute atomic E-state index is 13.2. The Kier molecular flexibility index (Phi) is 6.79. The Labute approximate surface area is 181 Å². The van der Waals surface area contributed by atoms with E-state index >= 15 is 0 Å². The van der Waals surface area contributed by atoms with E-state index in [1.807, 2.05) is 38.1 Å². The van der Waals surface area contributed by atoms with Gasteiger partial charge in [-0.25, -0.2) is 0 Å². The monoisotopic (exact) mass is 427 g/mol. The van der Waals surface area contributed by atoms with Gasteiger partial charge in [-0.3, -0.25) is 4.79 Å². The Bertz CT molecular complexity index is 973. The van der Waals surface area contributed by atoms with E-state index in [1.54, 1.807) is 32.4 Å². The minimum Gasteiger partial charge on any atom is -0.494 e. The van der Waals surface area contributed by atoms with E-state index < -0.39 is 6.04 Å². The summed E-state index contributed by atoms with van der Waals surface area (Å²) in [6, 6.07) is 12.3. The molecule has 3 rings (SSSR count). The number of benzene rings is 2. The second-order valence-corrected chi connectivity index (χ2v) is 7.00. The zero-order chi connectivity index (χ0) is 21.7. The van der Waals surface area contributed by atoms with Gasteiger partial charge in [0, 0.05) is 11.4 Å². The first-order valence-electron chi connectivity index (χ1n) is 9.51. The topological polar surface area (TPSA) is 80.9 Å². The number of amides is 1. The molecule has 0 saturated heterocycles. The first-order chi connectivity index (χ1) is 14.5. The number of carbonyl (C=O) groups is 1. The van der Waals surface area contributed by atoms with E-state index in [0.29, 0.717) is 40.2 Å². The fraction of sp³-hybridized carbons (Fsp3) is 0.273. The van der Waals surface area contributed by atoms with Crippen molar-refractivity contribution in [1.82, 2.24) is 10.6 Å². The van der Waals surface area contributed by atoms with Crippen LogP contribution in [0.3, 0.4) is 0 Å². The standard InChI is InChI=1S/C22H25N3O4S/c1-5-29-16-9-7-15(8-10-16)24-21(26)19-13(2)23-22(30)25-20(19)14-6-11-17(27-3)18(12-14)28-4/h6-12,20H,5H2,1-4H3,(H,24,26)(H2,23,25,30)/t20-/m0/s1. The molecule has 158 valence electrons. The molecule has 1 atom stereocenters. The molecule has 0 aliphatic carbocycles. The number of thiocarbonyl (C=S) groups is 1. The van der Waals surface area contributed by atoms with Gasteiger partial charge in [0.2, 0.25) is 0 Å². The van der Waals surface area contributed by atoms with Gasteiger partial charge in [-0.15, -0.1) is 0 Å². The fourth-order valence-electron chi connectivity index (χ4n) is 3.28. The molecule has 8 heteroatoms. The van der Waals surface area contributed by atoms with Crippen LogP contribution >= 0.6 is 12.2 Å². The maximum atomic E-state index is 13.2. The highest BCUT2D eigenvalue weighted by Gasteiger charge is 2.30. The van der Waals surface area contributed by atoms with Gasteiger partial charge in [0.1, 0.15) is 5.75 Å². The van der Waals surface area contributed by atoms with Crippen LogP contribution < -0.4 is 30.2 Å². The molecule has 0 fully saturated rings. The second-order valence-electron chi connectivity index (χ2n) is 6.60. The molecular formula is C22H25N3O4S. The molecule has 0 saturated carbocycles. The number of hydrogen-bond donors (Lipinski definition) is 3. The lowest BCUT2D eigenvalue weighted by molar-refractivity contribution is -0.113. The quantitative estimate of drug-likeness (QED) is 0.583. The van der Waals surface area contributed by atoms with Gasteiger partial charge in [-0.1, -0.05) is 6.07 Å². The smallest absolute Gasteiger partial charge is 0.255 e. The first kappa shape index (κ1) is 21.4. The van der Waals surface area contributed by atoms with Crippen molar-refractivity contribution in [3.8, 4) is 17.2 Å². The maximum Gasteiger partial charge on any atom is 0.255 e. The van der Waals surface area contributed by atoms with Crippen molar-refractivity contribution < 1.29 is 19.0 Å². The van der Waals surface area contributed by atoms with Gasteiger partial charge in [0.15, 0.2) is 16.6 Å². The molecule has 0 unspecified atom stereocenters. The van der Waals surface area contributed by atoms with Gasteiger partial charge in [-0.2, -0.15) is 0 Å². The van der Waals surface area contributed by atoms with Crippen LogP contribution in [0, 0.1) is 0 Å². The van der Waals surface area contributed by atoms with Gasteiger partial charge in [0.05, 0.1) is 32.4 Å². The highest BCUT2D eigenvalue weighted by atomic mass is 32.1. The Hall–Kier alpha value is -3.26. The summed E-state index contributed by atoms with van der Waals surface area (Å²) < 4.78 is 16.2. The summed E-state index contributed by atoms with van der Waals surface area (Å²) in [5.41, 5.74) is 2.71. The fourth-order valence-corrected chi connectivity index (χ4v) is 3.55. The number of hydrogen-bond acceptors (Lipinski definition) is 5. The molecule has 1 aliphatic heterocycles. The van der Waals surface area contributed by atoms with Crippen LogP contribution in [0.2, 0.25) is 0 Å². The molecule has 0 spiro atoms. The van der Waals surface area contributed by atoms with Gasteiger partial charge >= 0.3 is 0 Å². The summed E-state index contributed by atoms with van der Waals surface area (Å²) in [7, 11) is 3.15. The average Bonchev–Trinajstić information content (AvgIpc) is 2.74. The largest absolute Gasteiger partial charge is 0.494 e. The lowest BCUT2D eigenvalue weighted by Crippen LogP contribution is -2.45. The number of carbonyl (C=O) groups excluding carboxylic acids is 1. The van der Waals surface area contributed by atoms with E-state index in [-0.39, 0.29) is 5.91 Å². The Morgan fingerprint density at radius 3 is 2.43 bits per heavy atom. The molecule has 3 N–H and O–H groups in total. The molecule has 1 aliphatic rings. The SMILES string of the molecule is CCOc1ccc(NC(=O)C2=C(C)NC(=S)N[C@H]2c2ccc(OC)c(OC)c2)cc1. The van der Waals surface area contributed by atoms with Crippen molar-refractivity contribution in [2.45, 2.75) is 19.9 Å². The number of allylic oxidation sites excluding steroid dienone is 1. The van der Waals surface area contributed by atoms with Crippen molar-refractivity contribution in [2.24, 2.45) is 0 Å². The lowest BCUT2D eigenvalue weighted by atomic mass is 9.94. The highest BCUT2D eigenvalue weighted by molar-refractivity contribution is 7.80. The predicted octanol–water partition coefficient (Wildman–Crippen LogP) is 3.53. The lowest BCUT2D eigenvalue weighted by Gasteiger charge is -2.30. The molecule has 7 nitrogen and oxygen atoms in total. The summed E-state index contributed by atoms with van der Waals surface area (Å²) in [6.45, 7) is 4.34. The van der Waals surface area contributed by atoms with Crippen LogP contribution in [0.1, 0.15) is 25.5 Å². The Morgan fingerprint density at radius 1 is 1.10 bits per heavy atom. The van der Waals surface area contributed by atoms with Crippen LogP contribution in [-0.4, -0.2) is 31.8 Å². The van der Waals surface area contributed by atoms with E-state index in [2.05, 4.69) is 16.0 Å². The van der Waals surface area contributed by atoms with E-state index in [0.717, 1.165) is 11.3 Å². The number of anilines is 1. The minimum atomic E-state index is -0.443. The van der Waals surface area contributed by atoms with Crippen LogP contribution in [0.5, 0.6) is 17.2 Å². The average molecular weight is 428 g/mol.